The number of hydrogen-bond donors (Lipinski definition) is 2. The van der Waals surface area contributed by atoms with Gasteiger partial charge in [-0.1, -0.05) is 29.9 Å². The van der Waals surface area contributed by atoms with Crippen molar-refractivity contribution in [3.63, 3.8) is 0 Å². The number of thiocarbonyl (C=S) groups is 1. The van der Waals surface area contributed by atoms with E-state index < -0.39 is 17.8 Å². The number of nitrogens with two attached hydrogens (primary N) is 1. The molecule has 3 nitrogen and oxygen atoms in total. The van der Waals surface area contributed by atoms with Gasteiger partial charge >= 0.3 is 0 Å². The molecule has 0 aromatic heterocycles. The second-order valence-electron chi connectivity index (χ2n) is 3.19. The van der Waals surface area contributed by atoms with E-state index in [9.17, 15) is 9.18 Å². The lowest BCUT2D eigenvalue weighted by molar-refractivity contribution is 0.0945. The number of halogens is 2. The molecule has 0 aliphatic carbocycles. The summed E-state index contributed by atoms with van der Waals surface area (Å²) in [5, 5.41) is 2.50. The molecule has 0 heterocycles. The van der Waals surface area contributed by atoms with Crippen molar-refractivity contribution in [1.29, 1.82) is 0 Å². The zero-order valence-electron chi connectivity index (χ0n) is 8.46. The zero-order valence-corrected chi connectivity index (χ0v) is 10.0. The Morgan fingerprint density at radius 1 is 1.62 bits per heavy atom. The van der Waals surface area contributed by atoms with E-state index in [1.807, 2.05) is 0 Å². The van der Waals surface area contributed by atoms with Gasteiger partial charge in [0.05, 0.1) is 21.6 Å². The maximum Gasteiger partial charge on any atom is 0.256 e. The number of benzene rings is 1. The fraction of sp³-hybridized carbons (Fsp3) is 0.200. The Bertz CT molecular complexity index is 419. The molecule has 1 aromatic carbocycles. The van der Waals surface area contributed by atoms with Crippen LogP contribution in [0.1, 0.15) is 17.3 Å². The molecule has 1 atom stereocenters. The van der Waals surface area contributed by atoms with Crippen molar-refractivity contribution in [3.8, 4) is 0 Å². The number of amides is 1. The third-order valence-electron chi connectivity index (χ3n) is 1.96. The van der Waals surface area contributed by atoms with E-state index in [1.165, 1.54) is 12.1 Å². The summed E-state index contributed by atoms with van der Waals surface area (Å²) in [6.07, 6.45) is 0. The zero-order chi connectivity index (χ0) is 12.3. The minimum atomic E-state index is -0.680. The van der Waals surface area contributed by atoms with Gasteiger partial charge in [0.15, 0.2) is 0 Å². The predicted octanol–water partition coefficient (Wildman–Crippen LogP) is 1.88. The van der Waals surface area contributed by atoms with Gasteiger partial charge in [0.25, 0.3) is 5.91 Å². The lowest BCUT2D eigenvalue weighted by Crippen LogP contribution is -2.41. The van der Waals surface area contributed by atoms with Crippen molar-refractivity contribution in [2.24, 2.45) is 5.73 Å². The summed E-state index contributed by atoms with van der Waals surface area (Å²) in [5.41, 5.74) is 5.13. The standard InChI is InChI=1S/C10H10ClFN2OS/c1-5(9(13)16)14-10(15)8-6(11)3-2-4-7(8)12/h2-5H,1H3,(H2,13,16)(H,14,15). The molecule has 0 aliphatic rings. The highest BCUT2D eigenvalue weighted by Crippen LogP contribution is 2.18. The van der Waals surface area contributed by atoms with Gasteiger partial charge in [-0.05, 0) is 19.1 Å². The molecular formula is C10H10ClFN2OS. The van der Waals surface area contributed by atoms with Gasteiger partial charge in [-0.2, -0.15) is 0 Å². The lowest BCUT2D eigenvalue weighted by atomic mass is 10.2. The predicted molar refractivity (Wildman–Crippen MR) is 65.1 cm³/mol. The number of nitrogens with one attached hydrogen (secondary N) is 1. The van der Waals surface area contributed by atoms with Crippen LogP contribution < -0.4 is 11.1 Å². The van der Waals surface area contributed by atoms with Crippen LogP contribution in [-0.2, 0) is 0 Å². The summed E-state index contributed by atoms with van der Waals surface area (Å²) in [7, 11) is 0. The molecule has 1 unspecified atom stereocenters. The Labute approximate surface area is 103 Å². The summed E-state index contributed by atoms with van der Waals surface area (Å²) >= 11 is 10.4. The average Bonchev–Trinajstić information content (AvgIpc) is 2.16. The maximum atomic E-state index is 13.3. The Kier molecular flexibility index (Phi) is 4.20. The Morgan fingerprint density at radius 3 is 2.75 bits per heavy atom. The molecule has 3 N–H and O–H groups in total. The molecule has 16 heavy (non-hydrogen) atoms. The van der Waals surface area contributed by atoms with E-state index >= 15 is 0 Å². The highest BCUT2D eigenvalue weighted by atomic mass is 35.5. The lowest BCUT2D eigenvalue weighted by Gasteiger charge is -2.13. The topological polar surface area (TPSA) is 55.1 Å². The molecule has 6 heteroatoms. The van der Waals surface area contributed by atoms with E-state index in [1.54, 1.807) is 6.92 Å². The fourth-order valence-corrected chi connectivity index (χ4v) is 1.36. The Balaban J connectivity index is 2.93. The van der Waals surface area contributed by atoms with Crippen molar-refractivity contribution in [3.05, 3.63) is 34.6 Å². The molecule has 0 spiro atoms. The highest BCUT2D eigenvalue weighted by Gasteiger charge is 2.18. The summed E-state index contributed by atoms with van der Waals surface area (Å²) < 4.78 is 13.3. The van der Waals surface area contributed by atoms with Crippen LogP contribution in [0, 0.1) is 5.82 Å². The second-order valence-corrected chi connectivity index (χ2v) is 4.07. The van der Waals surface area contributed by atoms with Crippen LogP contribution in [0.5, 0.6) is 0 Å². The molecule has 0 radical (unpaired) electrons. The summed E-state index contributed by atoms with van der Waals surface area (Å²) in [4.78, 5) is 11.8. The summed E-state index contributed by atoms with van der Waals surface area (Å²) in [6, 6.07) is 3.50. The number of carbonyl (C=O) groups excluding carboxylic acids is 1. The van der Waals surface area contributed by atoms with Gasteiger partial charge < -0.3 is 11.1 Å². The molecule has 86 valence electrons. The van der Waals surface area contributed by atoms with Crippen LogP contribution in [0.4, 0.5) is 4.39 Å². The highest BCUT2D eigenvalue weighted by molar-refractivity contribution is 7.80. The largest absolute Gasteiger partial charge is 0.392 e. The third kappa shape index (κ3) is 2.90. The smallest absolute Gasteiger partial charge is 0.256 e. The van der Waals surface area contributed by atoms with Crippen LogP contribution in [0.15, 0.2) is 18.2 Å². The average molecular weight is 261 g/mol. The van der Waals surface area contributed by atoms with Crippen LogP contribution in [0.25, 0.3) is 0 Å². The maximum absolute atomic E-state index is 13.3. The first-order chi connectivity index (χ1) is 7.43. The molecule has 0 saturated heterocycles. The van der Waals surface area contributed by atoms with Gasteiger partial charge in [0, 0.05) is 0 Å². The monoisotopic (exact) mass is 260 g/mol. The first kappa shape index (κ1) is 12.9. The van der Waals surface area contributed by atoms with Gasteiger partial charge in [-0.15, -0.1) is 0 Å². The molecule has 1 rings (SSSR count). The van der Waals surface area contributed by atoms with Crippen LogP contribution >= 0.6 is 23.8 Å². The molecule has 0 bridgehead atoms. The van der Waals surface area contributed by atoms with E-state index in [0.717, 1.165) is 6.07 Å². The Hall–Kier alpha value is -1.20. The minimum absolute atomic E-state index is 0.0487. The molecule has 0 fully saturated rings. The second kappa shape index (κ2) is 5.23. The minimum Gasteiger partial charge on any atom is -0.392 e. The van der Waals surface area contributed by atoms with E-state index in [-0.39, 0.29) is 15.6 Å². The van der Waals surface area contributed by atoms with E-state index in [4.69, 9.17) is 17.3 Å². The van der Waals surface area contributed by atoms with Crippen LogP contribution in [0.3, 0.4) is 0 Å². The van der Waals surface area contributed by atoms with E-state index in [0.29, 0.717) is 0 Å². The van der Waals surface area contributed by atoms with Crippen molar-refractivity contribution in [2.45, 2.75) is 13.0 Å². The molecule has 1 amide bonds. The molecule has 1 aromatic rings. The quantitative estimate of drug-likeness (QED) is 0.816. The fourth-order valence-electron chi connectivity index (χ4n) is 1.05. The van der Waals surface area contributed by atoms with Gasteiger partial charge in [0.1, 0.15) is 5.82 Å². The number of carbonyl (C=O) groups is 1. The first-order valence-electron chi connectivity index (χ1n) is 4.47. The van der Waals surface area contributed by atoms with Crippen molar-refractivity contribution < 1.29 is 9.18 Å². The third-order valence-corrected chi connectivity index (χ3v) is 2.63. The van der Waals surface area contributed by atoms with Crippen LogP contribution in [0.2, 0.25) is 5.02 Å². The Morgan fingerprint density at radius 2 is 2.25 bits per heavy atom. The molecule has 0 saturated carbocycles. The van der Waals surface area contributed by atoms with E-state index in [2.05, 4.69) is 17.5 Å². The van der Waals surface area contributed by atoms with Crippen molar-refractivity contribution in [1.82, 2.24) is 5.32 Å². The van der Waals surface area contributed by atoms with Crippen LogP contribution in [-0.4, -0.2) is 16.9 Å². The van der Waals surface area contributed by atoms with Gasteiger partial charge in [-0.3, -0.25) is 4.79 Å². The van der Waals surface area contributed by atoms with Crippen molar-refractivity contribution >= 4 is 34.7 Å². The molecular weight excluding hydrogens is 251 g/mol. The first-order valence-corrected chi connectivity index (χ1v) is 5.26. The van der Waals surface area contributed by atoms with Crippen molar-refractivity contribution in [2.75, 3.05) is 0 Å². The summed E-state index contributed by atoms with van der Waals surface area (Å²) in [5.74, 6) is -1.32. The van der Waals surface area contributed by atoms with Gasteiger partial charge in [-0.25, -0.2) is 4.39 Å². The molecule has 0 aliphatic heterocycles. The normalized spacial score (nSPS) is 11.9. The van der Waals surface area contributed by atoms with Gasteiger partial charge in [0.2, 0.25) is 0 Å². The number of rotatable bonds is 3. The SMILES string of the molecule is CC(NC(=O)c1c(F)cccc1Cl)C(N)=S. The summed E-state index contributed by atoms with van der Waals surface area (Å²) in [6.45, 7) is 1.61. The number of hydrogen-bond acceptors (Lipinski definition) is 2.